The topological polar surface area (TPSA) is 47.6 Å². The van der Waals surface area contributed by atoms with Crippen molar-refractivity contribution in [2.24, 2.45) is 0 Å². The number of carbonyl (C=O) groups excluding carboxylic acids is 1. The van der Waals surface area contributed by atoms with Crippen molar-refractivity contribution in [2.45, 2.75) is 19.8 Å². The van der Waals surface area contributed by atoms with Crippen LogP contribution in [0.1, 0.15) is 23.1 Å². The molecule has 0 unspecified atom stereocenters. The van der Waals surface area contributed by atoms with Crippen molar-refractivity contribution in [1.29, 1.82) is 0 Å². The van der Waals surface area contributed by atoms with E-state index in [1.807, 2.05) is 49.4 Å². The highest BCUT2D eigenvalue weighted by Crippen LogP contribution is 2.36. The monoisotopic (exact) mass is 349 g/mol. The average Bonchev–Trinajstić information content (AvgIpc) is 2.67. The third kappa shape index (κ3) is 3.49. The van der Waals surface area contributed by atoms with Gasteiger partial charge < -0.3 is 14.8 Å². The Morgan fingerprint density at radius 2 is 1.77 bits per heavy atom. The molecule has 4 nitrogen and oxygen atoms in total. The molecule has 0 saturated heterocycles. The normalized spacial score (nSPS) is 12.7. The summed E-state index contributed by atoms with van der Waals surface area (Å²) < 4.78 is 10.7. The maximum absolute atomic E-state index is 12.6. The van der Waals surface area contributed by atoms with Gasteiger partial charge in [0.15, 0.2) is 11.5 Å². The van der Waals surface area contributed by atoms with E-state index in [0.29, 0.717) is 11.3 Å². The molecule has 0 aromatic heterocycles. The lowest BCUT2D eigenvalue weighted by molar-refractivity contribution is -0.112. The largest absolute Gasteiger partial charge is 0.493 e. The summed E-state index contributed by atoms with van der Waals surface area (Å²) in [6.45, 7) is 5.98. The van der Waals surface area contributed by atoms with E-state index in [9.17, 15) is 4.79 Å². The van der Waals surface area contributed by atoms with Gasteiger partial charge >= 0.3 is 0 Å². The smallest absolute Gasteiger partial charge is 0.255 e. The number of para-hydroxylation sites is 1. The molecule has 0 fully saturated rings. The Morgan fingerprint density at radius 3 is 2.46 bits per heavy atom. The van der Waals surface area contributed by atoms with Crippen molar-refractivity contribution in [3.05, 3.63) is 70.8 Å². The number of methoxy groups -OCH3 is 2. The molecular formula is C22H23NO3. The zero-order valence-corrected chi connectivity index (χ0v) is 15.4. The first-order valence-corrected chi connectivity index (χ1v) is 8.55. The van der Waals surface area contributed by atoms with Gasteiger partial charge in [-0.3, -0.25) is 4.79 Å². The minimum Gasteiger partial charge on any atom is -0.493 e. The molecule has 0 saturated carbocycles. The summed E-state index contributed by atoms with van der Waals surface area (Å²) in [7, 11) is 3.25. The van der Waals surface area contributed by atoms with Gasteiger partial charge in [0.25, 0.3) is 5.91 Å². The number of fused-ring (bicyclic) bond motifs is 1. The highest BCUT2D eigenvalue weighted by atomic mass is 16.5. The SMILES string of the molecule is C=C(C(=O)Nc1ccccc1C)C1=Cc2cc(OC)c(OC)cc2CC1. The van der Waals surface area contributed by atoms with Crippen LogP contribution in [0, 0.1) is 6.92 Å². The van der Waals surface area contributed by atoms with Crippen molar-refractivity contribution in [1.82, 2.24) is 0 Å². The van der Waals surface area contributed by atoms with Crippen LogP contribution in [-0.4, -0.2) is 20.1 Å². The minimum atomic E-state index is -0.172. The molecule has 1 aliphatic rings. The van der Waals surface area contributed by atoms with Crippen molar-refractivity contribution >= 4 is 17.7 Å². The lowest BCUT2D eigenvalue weighted by Gasteiger charge is -2.20. The molecule has 1 amide bonds. The zero-order chi connectivity index (χ0) is 18.7. The number of benzene rings is 2. The Labute approximate surface area is 154 Å². The number of hydrogen-bond donors (Lipinski definition) is 1. The Morgan fingerprint density at radius 1 is 1.08 bits per heavy atom. The van der Waals surface area contributed by atoms with Crippen LogP contribution in [0.3, 0.4) is 0 Å². The lowest BCUT2D eigenvalue weighted by atomic mass is 9.88. The van der Waals surface area contributed by atoms with Crippen molar-refractivity contribution in [3.8, 4) is 11.5 Å². The van der Waals surface area contributed by atoms with E-state index in [2.05, 4.69) is 11.9 Å². The van der Waals surface area contributed by atoms with Gasteiger partial charge in [-0.05, 0) is 60.2 Å². The fourth-order valence-corrected chi connectivity index (χ4v) is 3.11. The second-order valence-corrected chi connectivity index (χ2v) is 6.32. The van der Waals surface area contributed by atoms with Gasteiger partial charge in [-0.25, -0.2) is 0 Å². The average molecular weight is 349 g/mol. The van der Waals surface area contributed by atoms with Crippen LogP contribution in [-0.2, 0) is 11.2 Å². The first-order chi connectivity index (χ1) is 12.5. The molecule has 1 aliphatic carbocycles. The summed E-state index contributed by atoms with van der Waals surface area (Å²) in [5.41, 5.74) is 5.48. The molecule has 0 heterocycles. The van der Waals surface area contributed by atoms with E-state index in [1.165, 1.54) is 5.56 Å². The summed E-state index contributed by atoms with van der Waals surface area (Å²) in [4.78, 5) is 12.6. The van der Waals surface area contributed by atoms with Gasteiger partial charge in [-0.1, -0.05) is 30.9 Å². The maximum Gasteiger partial charge on any atom is 0.255 e. The van der Waals surface area contributed by atoms with Crippen LogP contribution in [0.25, 0.3) is 6.08 Å². The number of ether oxygens (including phenoxy) is 2. The molecule has 0 spiro atoms. The Kier molecular flexibility index (Phi) is 5.12. The van der Waals surface area contributed by atoms with E-state index in [-0.39, 0.29) is 5.91 Å². The second kappa shape index (κ2) is 7.48. The van der Waals surface area contributed by atoms with Gasteiger partial charge in [0.05, 0.1) is 14.2 Å². The van der Waals surface area contributed by atoms with Crippen molar-refractivity contribution in [2.75, 3.05) is 19.5 Å². The molecule has 4 heteroatoms. The highest BCUT2D eigenvalue weighted by molar-refractivity contribution is 6.07. The molecule has 2 aromatic carbocycles. The first kappa shape index (κ1) is 17.8. The number of carbonyl (C=O) groups is 1. The molecule has 2 aromatic rings. The molecule has 0 atom stereocenters. The predicted octanol–water partition coefficient (Wildman–Crippen LogP) is 4.54. The van der Waals surface area contributed by atoms with E-state index in [1.54, 1.807) is 14.2 Å². The van der Waals surface area contributed by atoms with Crippen LogP contribution in [0.5, 0.6) is 11.5 Å². The summed E-state index contributed by atoms with van der Waals surface area (Å²) in [5, 5.41) is 2.95. The van der Waals surface area contributed by atoms with Crippen LogP contribution < -0.4 is 14.8 Å². The Bertz CT molecular complexity index is 896. The minimum absolute atomic E-state index is 0.172. The molecular weight excluding hydrogens is 326 g/mol. The van der Waals surface area contributed by atoms with E-state index >= 15 is 0 Å². The molecule has 0 bridgehead atoms. The first-order valence-electron chi connectivity index (χ1n) is 8.55. The summed E-state index contributed by atoms with van der Waals surface area (Å²) in [5.74, 6) is 1.23. The number of anilines is 1. The standard InChI is InChI=1S/C22H23NO3/c1-14-7-5-6-8-19(14)23-22(24)15(2)16-9-10-17-12-20(25-3)21(26-4)13-18(17)11-16/h5-8,11-13H,2,9-10H2,1,3-4H3,(H,23,24). The predicted molar refractivity (Wildman–Crippen MR) is 105 cm³/mol. The van der Waals surface area contributed by atoms with Gasteiger partial charge in [0.1, 0.15) is 0 Å². The van der Waals surface area contributed by atoms with Gasteiger partial charge in [-0.15, -0.1) is 0 Å². The van der Waals surface area contributed by atoms with E-state index in [4.69, 9.17) is 9.47 Å². The van der Waals surface area contributed by atoms with Crippen molar-refractivity contribution in [3.63, 3.8) is 0 Å². The number of hydrogen-bond acceptors (Lipinski definition) is 3. The number of rotatable bonds is 5. The number of nitrogens with one attached hydrogen (secondary N) is 1. The van der Waals surface area contributed by atoms with Gasteiger partial charge in [-0.2, -0.15) is 0 Å². The van der Waals surface area contributed by atoms with Crippen LogP contribution in [0.2, 0.25) is 0 Å². The molecule has 1 N–H and O–H groups in total. The van der Waals surface area contributed by atoms with E-state index < -0.39 is 0 Å². The van der Waals surface area contributed by atoms with Gasteiger partial charge in [0.2, 0.25) is 0 Å². The molecule has 0 aliphatic heterocycles. The van der Waals surface area contributed by atoms with E-state index in [0.717, 1.165) is 41.0 Å². The molecule has 0 radical (unpaired) electrons. The molecule has 26 heavy (non-hydrogen) atoms. The maximum atomic E-state index is 12.6. The van der Waals surface area contributed by atoms with Crippen LogP contribution >= 0.6 is 0 Å². The van der Waals surface area contributed by atoms with Crippen LogP contribution in [0.15, 0.2) is 54.1 Å². The Hall–Kier alpha value is -3.01. The third-order valence-corrected chi connectivity index (χ3v) is 4.69. The molecule has 134 valence electrons. The second-order valence-electron chi connectivity index (χ2n) is 6.32. The summed E-state index contributed by atoms with van der Waals surface area (Å²) >= 11 is 0. The summed E-state index contributed by atoms with van der Waals surface area (Å²) in [6, 6.07) is 11.6. The fourth-order valence-electron chi connectivity index (χ4n) is 3.11. The van der Waals surface area contributed by atoms with Crippen molar-refractivity contribution < 1.29 is 14.3 Å². The fraction of sp³-hybridized carbons (Fsp3) is 0.227. The highest BCUT2D eigenvalue weighted by Gasteiger charge is 2.19. The van der Waals surface area contributed by atoms with Crippen LogP contribution in [0.4, 0.5) is 5.69 Å². The van der Waals surface area contributed by atoms with Gasteiger partial charge in [0, 0.05) is 11.3 Å². The molecule has 3 rings (SSSR count). The quantitative estimate of drug-likeness (QED) is 0.807. The number of aryl methyl sites for hydroxylation is 2. The zero-order valence-electron chi connectivity index (χ0n) is 15.4. The Balaban J connectivity index is 1.84. The number of amides is 1. The summed E-state index contributed by atoms with van der Waals surface area (Å²) in [6.07, 6.45) is 3.61. The third-order valence-electron chi connectivity index (χ3n) is 4.69. The lowest BCUT2D eigenvalue weighted by Crippen LogP contribution is -2.17.